The van der Waals surface area contributed by atoms with Gasteiger partial charge in [-0.2, -0.15) is 0 Å². The number of nitrogens with one attached hydrogen (secondary N) is 1. The molecule has 3 N–H and O–H groups in total. The van der Waals surface area contributed by atoms with Crippen molar-refractivity contribution in [1.82, 2.24) is 4.98 Å². The number of nitrogens with zero attached hydrogens (tertiary/aromatic N) is 1. The third-order valence-corrected chi connectivity index (χ3v) is 2.03. The van der Waals surface area contributed by atoms with Gasteiger partial charge in [-0.25, -0.2) is 4.98 Å². The first-order valence-corrected chi connectivity index (χ1v) is 4.54. The lowest BCUT2D eigenvalue weighted by molar-refractivity contribution is 0.0343. The SMILES string of the molecule is COC(C)(C)CNc1cc(N)ccn1. The maximum atomic E-state index is 5.62. The highest BCUT2D eigenvalue weighted by molar-refractivity contribution is 5.48. The largest absolute Gasteiger partial charge is 0.399 e. The van der Waals surface area contributed by atoms with E-state index in [2.05, 4.69) is 10.3 Å². The van der Waals surface area contributed by atoms with Crippen LogP contribution in [-0.2, 0) is 4.74 Å². The molecule has 0 aromatic carbocycles. The van der Waals surface area contributed by atoms with Gasteiger partial charge in [-0.1, -0.05) is 0 Å². The zero-order valence-electron chi connectivity index (χ0n) is 8.87. The molecule has 4 heteroatoms. The molecule has 1 heterocycles. The second-order valence-corrected chi connectivity index (χ2v) is 3.79. The van der Waals surface area contributed by atoms with E-state index < -0.39 is 0 Å². The topological polar surface area (TPSA) is 60.2 Å². The van der Waals surface area contributed by atoms with Gasteiger partial charge >= 0.3 is 0 Å². The van der Waals surface area contributed by atoms with Gasteiger partial charge in [0.1, 0.15) is 5.82 Å². The van der Waals surface area contributed by atoms with Gasteiger partial charge in [0.05, 0.1) is 5.60 Å². The summed E-state index contributed by atoms with van der Waals surface area (Å²) in [5, 5.41) is 3.16. The quantitative estimate of drug-likeness (QED) is 0.764. The number of methoxy groups -OCH3 is 1. The zero-order chi connectivity index (χ0) is 10.6. The van der Waals surface area contributed by atoms with E-state index in [1.807, 2.05) is 13.8 Å². The van der Waals surface area contributed by atoms with Gasteiger partial charge in [0.25, 0.3) is 0 Å². The Labute approximate surface area is 84.5 Å². The standard InChI is InChI=1S/C10H17N3O/c1-10(2,14-3)7-13-9-6-8(11)4-5-12-9/h4-6H,7H2,1-3H3,(H3,11,12,13). The Kier molecular flexibility index (Phi) is 3.30. The first-order chi connectivity index (χ1) is 6.53. The van der Waals surface area contributed by atoms with Crippen LogP contribution < -0.4 is 11.1 Å². The highest BCUT2D eigenvalue weighted by atomic mass is 16.5. The second-order valence-electron chi connectivity index (χ2n) is 3.79. The Bertz CT molecular complexity index is 299. The minimum atomic E-state index is -0.202. The first kappa shape index (κ1) is 10.8. The number of hydrogen-bond donors (Lipinski definition) is 2. The summed E-state index contributed by atoms with van der Waals surface area (Å²) in [6.45, 7) is 4.71. The molecule has 0 aliphatic rings. The van der Waals surface area contributed by atoms with Crippen molar-refractivity contribution in [3.05, 3.63) is 18.3 Å². The number of pyridine rings is 1. The normalized spacial score (nSPS) is 11.4. The summed E-state index contributed by atoms with van der Waals surface area (Å²) in [4.78, 5) is 4.13. The molecule has 0 saturated carbocycles. The number of aromatic nitrogens is 1. The smallest absolute Gasteiger partial charge is 0.128 e. The Morgan fingerprint density at radius 3 is 2.86 bits per heavy atom. The average Bonchev–Trinajstić information content (AvgIpc) is 2.15. The van der Waals surface area contributed by atoms with E-state index >= 15 is 0 Å². The highest BCUT2D eigenvalue weighted by Crippen LogP contribution is 2.11. The van der Waals surface area contributed by atoms with Crippen molar-refractivity contribution in [2.75, 3.05) is 24.7 Å². The van der Waals surface area contributed by atoms with Crippen molar-refractivity contribution in [3.63, 3.8) is 0 Å². The lowest BCUT2D eigenvalue weighted by Crippen LogP contribution is -2.32. The van der Waals surface area contributed by atoms with Crippen LogP contribution in [0.3, 0.4) is 0 Å². The summed E-state index contributed by atoms with van der Waals surface area (Å²) < 4.78 is 5.27. The van der Waals surface area contributed by atoms with Gasteiger partial charge < -0.3 is 15.8 Å². The summed E-state index contributed by atoms with van der Waals surface area (Å²) in [6.07, 6.45) is 1.68. The van der Waals surface area contributed by atoms with Crippen molar-refractivity contribution in [1.29, 1.82) is 0 Å². The van der Waals surface area contributed by atoms with Crippen LogP contribution in [0, 0.1) is 0 Å². The molecule has 0 radical (unpaired) electrons. The van der Waals surface area contributed by atoms with E-state index in [-0.39, 0.29) is 5.60 Å². The van der Waals surface area contributed by atoms with Crippen molar-refractivity contribution in [2.24, 2.45) is 0 Å². The van der Waals surface area contributed by atoms with Gasteiger partial charge in [-0.15, -0.1) is 0 Å². The van der Waals surface area contributed by atoms with Gasteiger partial charge in [0.15, 0.2) is 0 Å². The lowest BCUT2D eigenvalue weighted by Gasteiger charge is -2.23. The van der Waals surface area contributed by atoms with E-state index in [0.29, 0.717) is 12.2 Å². The zero-order valence-corrected chi connectivity index (χ0v) is 8.87. The van der Waals surface area contributed by atoms with Gasteiger partial charge in [-0.05, 0) is 19.9 Å². The molecule has 0 aliphatic heterocycles. The van der Waals surface area contributed by atoms with E-state index in [4.69, 9.17) is 10.5 Å². The fourth-order valence-electron chi connectivity index (χ4n) is 0.919. The molecule has 0 saturated heterocycles. The van der Waals surface area contributed by atoms with Crippen LogP contribution in [0.25, 0.3) is 0 Å². The second kappa shape index (κ2) is 4.28. The van der Waals surface area contributed by atoms with Crippen LogP contribution in [0.4, 0.5) is 11.5 Å². The predicted molar refractivity (Wildman–Crippen MR) is 58.2 cm³/mol. The minimum Gasteiger partial charge on any atom is -0.399 e. The maximum absolute atomic E-state index is 5.62. The number of anilines is 2. The molecular formula is C10H17N3O. The molecule has 0 atom stereocenters. The van der Waals surface area contributed by atoms with Crippen molar-refractivity contribution >= 4 is 11.5 Å². The molecule has 0 fully saturated rings. The van der Waals surface area contributed by atoms with Crippen LogP contribution in [-0.4, -0.2) is 24.2 Å². The summed E-state index contributed by atoms with van der Waals surface area (Å²) in [7, 11) is 1.69. The number of hydrogen-bond acceptors (Lipinski definition) is 4. The van der Waals surface area contributed by atoms with E-state index in [1.54, 1.807) is 25.4 Å². The molecule has 14 heavy (non-hydrogen) atoms. The first-order valence-electron chi connectivity index (χ1n) is 4.54. The van der Waals surface area contributed by atoms with Crippen molar-refractivity contribution < 1.29 is 4.74 Å². The van der Waals surface area contributed by atoms with Crippen molar-refractivity contribution in [3.8, 4) is 0 Å². The van der Waals surface area contributed by atoms with E-state index in [1.165, 1.54) is 0 Å². The molecule has 78 valence electrons. The molecular weight excluding hydrogens is 178 g/mol. The van der Waals surface area contributed by atoms with Crippen LogP contribution in [0.1, 0.15) is 13.8 Å². The molecule has 1 rings (SSSR count). The van der Waals surface area contributed by atoms with Crippen LogP contribution in [0.15, 0.2) is 18.3 Å². The molecule has 0 spiro atoms. The Morgan fingerprint density at radius 1 is 1.57 bits per heavy atom. The Hall–Kier alpha value is -1.29. The average molecular weight is 195 g/mol. The Morgan fingerprint density at radius 2 is 2.29 bits per heavy atom. The van der Waals surface area contributed by atoms with Gasteiger partial charge in [0.2, 0.25) is 0 Å². The van der Waals surface area contributed by atoms with E-state index in [0.717, 1.165) is 5.82 Å². The molecule has 4 nitrogen and oxygen atoms in total. The minimum absolute atomic E-state index is 0.202. The van der Waals surface area contributed by atoms with Gasteiger partial charge in [0, 0.05) is 31.6 Å². The van der Waals surface area contributed by atoms with Crippen molar-refractivity contribution in [2.45, 2.75) is 19.4 Å². The predicted octanol–water partition coefficient (Wildman–Crippen LogP) is 1.50. The summed E-state index contributed by atoms with van der Waals surface area (Å²) in [5.74, 6) is 0.773. The molecule has 0 unspecified atom stereocenters. The van der Waals surface area contributed by atoms with Crippen LogP contribution >= 0.6 is 0 Å². The molecule has 1 aromatic heterocycles. The monoisotopic (exact) mass is 195 g/mol. The summed E-state index contributed by atoms with van der Waals surface area (Å²) in [5.41, 5.74) is 6.12. The third-order valence-electron chi connectivity index (χ3n) is 2.03. The fraction of sp³-hybridized carbons (Fsp3) is 0.500. The fourth-order valence-corrected chi connectivity index (χ4v) is 0.919. The highest BCUT2D eigenvalue weighted by Gasteiger charge is 2.15. The third kappa shape index (κ3) is 3.22. The number of nitrogen functional groups attached to an aromatic ring is 1. The Balaban J connectivity index is 2.54. The maximum Gasteiger partial charge on any atom is 0.128 e. The molecule has 0 bridgehead atoms. The van der Waals surface area contributed by atoms with E-state index in [9.17, 15) is 0 Å². The number of ether oxygens (including phenoxy) is 1. The summed E-state index contributed by atoms with van der Waals surface area (Å²) >= 11 is 0. The van der Waals surface area contributed by atoms with Crippen LogP contribution in [0.2, 0.25) is 0 Å². The molecule has 0 amide bonds. The van der Waals surface area contributed by atoms with Crippen LogP contribution in [0.5, 0.6) is 0 Å². The van der Waals surface area contributed by atoms with Gasteiger partial charge in [-0.3, -0.25) is 0 Å². The molecule has 1 aromatic rings. The number of nitrogens with two attached hydrogens (primary N) is 1. The lowest BCUT2D eigenvalue weighted by atomic mass is 10.1. The molecule has 0 aliphatic carbocycles. The number of rotatable bonds is 4. The summed E-state index contributed by atoms with van der Waals surface area (Å²) in [6, 6.07) is 3.55.